The Morgan fingerprint density at radius 2 is 1.95 bits per heavy atom. The first-order valence-corrected chi connectivity index (χ1v) is 7.08. The third-order valence-electron chi connectivity index (χ3n) is 3.51. The molecule has 0 fully saturated rings. The van der Waals surface area contributed by atoms with Crippen LogP contribution in [0.2, 0.25) is 0 Å². The van der Waals surface area contributed by atoms with Gasteiger partial charge in [0.25, 0.3) is 0 Å². The zero-order valence-electron chi connectivity index (χ0n) is 13.5. The molecule has 0 unspecified atom stereocenters. The van der Waals surface area contributed by atoms with Crippen LogP contribution in [0.5, 0.6) is 0 Å². The van der Waals surface area contributed by atoms with Crippen molar-refractivity contribution in [2.24, 2.45) is 0 Å². The largest absolute Gasteiger partial charge is 0.377 e. The second-order valence-corrected chi connectivity index (χ2v) is 6.03. The van der Waals surface area contributed by atoms with E-state index in [9.17, 15) is 4.79 Å². The van der Waals surface area contributed by atoms with Gasteiger partial charge in [-0.3, -0.25) is 4.79 Å². The van der Waals surface area contributed by atoms with Crippen LogP contribution in [-0.4, -0.2) is 32.1 Å². The lowest BCUT2D eigenvalue weighted by Crippen LogP contribution is -2.45. The number of hydrogen-bond donors (Lipinski definition) is 2. The Hall–Kier alpha value is -1.71. The summed E-state index contributed by atoms with van der Waals surface area (Å²) in [5, 5.41) is 6.19. The molecule has 4 heteroatoms. The molecule has 1 rings (SSSR count). The Kier molecular flexibility index (Phi) is 5.43. The van der Waals surface area contributed by atoms with Gasteiger partial charge in [0.15, 0.2) is 0 Å². The Balaban J connectivity index is 2.62. The van der Waals surface area contributed by atoms with Gasteiger partial charge in [-0.15, -0.1) is 0 Å². The van der Waals surface area contributed by atoms with E-state index in [0.717, 1.165) is 17.8 Å². The molecule has 0 saturated carbocycles. The van der Waals surface area contributed by atoms with E-state index >= 15 is 0 Å². The molecule has 0 aliphatic heterocycles. The van der Waals surface area contributed by atoms with Gasteiger partial charge in [-0.25, -0.2) is 0 Å². The molecule has 0 radical (unpaired) electrons. The van der Waals surface area contributed by atoms with E-state index in [1.165, 1.54) is 5.56 Å². The van der Waals surface area contributed by atoms with Crippen molar-refractivity contribution in [3.8, 4) is 0 Å². The number of nitrogens with zero attached hydrogens (tertiary/aromatic N) is 1. The zero-order chi connectivity index (χ0) is 15.3. The second kappa shape index (κ2) is 6.64. The fourth-order valence-corrected chi connectivity index (χ4v) is 1.89. The zero-order valence-corrected chi connectivity index (χ0v) is 13.5. The van der Waals surface area contributed by atoms with Crippen molar-refractivity contribution in [1.82, 2.24) is 5.32 Å². The van der Waals surface area contributed by atoms with Crippen LogP contribution in [-0.2, 0) is 4.79 Å². The van der Waals surface area contributed by atoms with E-state index < -0.39 is 0 Å². The fourth-order valence-electron chi connectivity index (χ4n) is 1.89. The summed E-state index contributed by atoms with van der Waals surface area (Å²) in [5.74, 6) is 0.0174. The molecule has 0 aliphatic rings. The van der Waals surface area contributed by atoms with Crippen molar-refractivity contribution in [3.05, 3.63) is 23.8 Å². The number of benzene rings is 1. The van der Waals surface area contributed by atoms with E-state index in [1.54, 1.807) is 0 Å². The average Bonchev–Trinajstić information content (AvgIpc) is 2.37. The molecular formula is C16H27N3O. The predicted octanol–water partition coefficient (Wildman–Crippen LogP) is 2.78. The van der Waals surface area contributed by atoms with E-state index in [2.05, 4.69) is 41.5 Å². The number of carbonyl (C=O) groups excluding carboxylic acids is 1. The van der Waals surface area contributed by atoms with Gasteiger partial charge in [-0.1, -0.05) is 13.0 Å². The van der Waals surface area contributed by atoms with E-state index in [1.807, 2.05) is 34.0 Å². The van der Waals surface area contributed by atoms with Crippen LogP contribution < -0.4 is 15.5 Å². The van der Waals surface area contributed by atoms with Crippen LogP contribution in [0.1, 0.15) is 32.8 Å². The van der Waals surface area contributed by atoms with Gasteiger partial charge in [0.1, 0.15) is 0 Å². The summed E-state index contributed by atoms with van der Waals surface area (Å²) >= 11 is 0. The minimum absolute atomic E-state index is 0.0174. The van der Waals surface area contributed by atoms with Crippen LogP contribution in [0.15, 0.2) is 18.2 Å². The van der Waals surface area contributed by atoms with Gasteiger partial charge in [0, 0.05) is 31.0 Å². The Morgan fingerprint density at radius 3 is 2.50 bits per heavy atom. The van der Waals surface area contributed by atoms with E-state index in [4.69, 9.17) is 0 Å². The minimum atomic E-state index is -0.152. The van der Waals surface area contributed by atoms with Crippen LogP contribution in [0.4, 0.5) is 11.4 Å². The molecular weight excluding hydrogens is 250 g/mol. The molecule has 0 aromatic heterocycles. The first-order chi connectivity index (χ1) is 9.25. The summed E-state index contributed by atoms with van der Waals surface area (Å²) in [6.45, 7) is 8.49. The molecule has 4 nitrogen and oxygen atoms in total. The normalized spacial score (nSPS) is 11.1. The van der Waals surface area contributed by atoms with Crippen molar-refractivity contribution >= 4 is 17.3 Å². The monoisotopic (exact) mass is 277 g/mol. The van der Waals surface area contributed by atoms with Crippen LogP contribution >= 0.6 is 0 Å². The van der Waals surface area contributed by atoms with Gasteiger partial charge in [-0.2, -0.15) is 0 Å². The van der Waals surface area contributed by atoms with Crippen LogP contribution in [0.25, 0.3) is 0 Å². The lowest BCUT2D eigenvalue weighted by molar-refractivity contribution is -0.121. The molecule has 1 aromatic rings. The lowest BCUT2D eigenvalue weighted by Gasteiger charge is -2.24. The number of amides is 1. The second-order valence-electron chi connectivity index (χ2n) is 6.03. The predicted molar refractivity (Wildman–Crippen MR) is 86.5 cm³/mol. The van der Waals surface area contributed by atoms with Gasteiger partial charge in [-0.05, 0) is 44.9 Å². The highest BCUT2D eigenvalue weighted by Gasteiger charge is 2.17. The Bertz CT molecular complexity index is 467. The average molecular weight is 277 g/mol. The molecule has 1 amide bonds. The third kappa shape index (κ3) is 4.76. The highest BCUT2D eigenvalue weighted by atomic mass is 16.2. The quantitative estimate of drug-likeness (QED) is 0.840. The molecule has 0 aliphatic carbocycles. The Morgan fingerprint density at radius 1 is 1.30 bits per heavy atom. The molecule has 0 saturated heterocycles. The number of hydrogen-bond acceptors (Lipinski definition) is 3. The Labute approximate surface area is 122 Å². The third-order valence-corrected chi connectivity index (χ3v) is 3.51. The summed E-state index contributed by atoms with van der Waals surface area (Å²) in [7, 11) is 4.03. The van der Waals surface area contributed by atoms with Crippen molar-refractivity contribution < 1.29 is 4.79 Å². The van der Waals surface area contributed by atoms with Crippen molar-refractivity contribution in [2.45, 2.75) is 39.7 Å². The highest BCUT2D eigenvalue weighted by Crippen LogP contribution is 2.22. The lowest BCUT2D eigenvalue weighted by atomic mass is 10.0. The molecule has 112 valence electrons. The first kappa shape index (κ1) is 16.3. The topological polar surface area (TPSA) is 44.4 Å². The molecule has 0 spiro atoms. The summed E-state index contributed by atoms with van der Waals surface area (Å²) in [6, 6.07) is 6.12. The molecule has 2 N–H and O–H groups in total. The van der Waals surface area contributed by atoms with Crippen molar-refractivity contribution in [2.75, 3.05) is 30.9 Å². The van der Waals surface area contributed by atoms with E-state index in [0.29, 0.717) is 6.54 Å². The molecule has 20 heavy (non-hydrogen) atoms. The van der Waals surface area contributed by atoms with Gasteiger partial charge < -0.3 is 15.5 Å². The standard InChI is InChI=1S/C16H27N3O/c1-7-16(3,4)18-15(20)11-17-13-9-8-12(2)14(10-13)19(5)6/h8-10,17H,7,11H2,1-6H3,(H,18,20). The van der Waals surface area contributed by atoms with Gasteiger partial charge in [0.05, 0.1) is 6.54 Å². The molecule has 1 aromatic carbocycles. The number of carbonyl (C=O) groups is 1. The van der Waals surface area contributed by atoms with Crippen molar-refractivity contribution in [1.29, 1.82) is 0 Å². The summed E-state index contributed by atoms with van der Waals surface area (Å²) in [4.78, 5) is 14.0. The first-order valence-electron chi connectivity index (χ1n) is 7.08. The van der Waals surface area contributed by atoms with E-state index in [-0.39, 0.29) is 11.4 Å². The van der Waals surface area contributed by atoms with Gasteiger partial charge >= 0.3 is 0 Å². The fraction of sp³-hybridized carbons (Fsp3) is 0.562. The number of anilines is 2. The maximum absolute atomic E-state index is 11.9. The SMILES string of the molecule is CCC(C)(C)NC(=O)CNc1ccc(C)c(N(C)C)c1. The highest BCUT2D eigenvalue weighted by molar-refractivity contribution is 5.81. The summed E-state index contributed by atoms with van der Waals surface area (Å²) in [6.07, 6.45) is 0.911. The van der Waals surface area contributed by atoms with Crippen molar-refractivity contribution in [3.63, 3.8) is 0 Å². The summed E-state index contributed by atoms with van der Waals surface area (Å²) < 4.78 is 0. The maximum Gasteiger partial charge on any atom is 0.239 e. The number of rotatable bonds is 6. The molecule has 0 atom stereocenters. The minimum Gasteiger partial charge on any atom is -0.377 e. The smallest absolute Gasteiger partial charge is 0.239 e. The summed E-state index contributed by atoms with van der Waals surface area (Å²) in [5.41, 5.74) is 3.19. The van der Waals surface area contributed by atoms with Crippen LogP contribution in [0, 0.1) is 6.92 Å². The maximum atomic E-state index is 11.9. The van der Waals surface area contributed by atoms with Gasteiger partial charge in [0.2, 0.25) is 5.91 Å². The molecule has 0 bridgehead atoms. The number of aryl methyl sites for hydroxylation is 1. The number of nitrogens with one attached hydrogen (secondary N) is 2. The van der Waals surface area contributed by atoms with Crippen LogP contribution in [0.3, 0.4) is 0 Å². The molecule has 0 heterocycles.